The summed E-state index contributed by atoms with van der Waals surface area (Å²) in [5, 5.41) is 2.44. The Hall–Kier alpha value is -2.62. The number of amides is 1. The van der Waals surface area contributed by atoms with E-state index < -0.39 is 33.3 Å². The first-order chi connectivity index (χ1) is 11.5. The maximum atomic E-state index is 13.2. The lowest BCUT2D eigenvalue weighted by molar-refractivity contribution is -0.139. The van der Waals surface area contributed by atoms with Gasteiger partial charge in [0.05, 0.1) is 10.5 Å². The molecule has 2 aromatic rings. The van der Waals surface area contributed by atoms with Gasteiger partial charge < -0.3 is 5.32 Å². The number of carbonyl (C=O) groups is 1. The molecule has 0 atom stereocenters. The number of rotatable bonds is 4. The predicted octanol–water partition coefficient (Wildman–Crippen LogP) is 3.60. The fourth-order valence-electron chi connectivity index (χ4n) is 1.94. The van der Waals surface area contributed by atoms with E-state index in [4.69, 9.17) is 0 Å². The Morgan fingerprint density at radius 1 is 1.00 bits per heavy atom. The summed E-state index contributed by atoms with van der Waals surface area (Å²) in [6.45, 7) is 1.28. The molecule has 0 unspecified atom stereocenters. The topological polar surface area (TPSA) is 75.3 Å². The normalized spacial score (nSPS) is 11.9. The van der Waals surface area contributed by atoms with E-state index in [0.29, 0.717) is 17.8 Å². The molecule has 0 aliphatic rings. The minimum atomic E-state index is -4.95. The van der Waals surface area contributed by atoms with Crippen LogP contribution in [0.15, 0.2) is 47.4 Å². The van der Waals surface area contributed by atoms with Crippen molar-refractivity contribution >= 4 is 27.3 Å². The van der Waals surface area contributed by atoms with E-state index in [9.17, 15) is 30.8 Å². The van der Waals surface area contributed by atoms with Gasteiger partial charge in [0.15, 0.2) is 0 Å². The van der Waals surface area contributed by atoms with Crippen LogP contribution in [0.4, 0.5) is 28.9 Å². The molecule has 0 radical (unpaired) electrons. The molecule has 0 aromatic heterocycles. The number of alkyl halides is 3. The van der Waals surface area contributed by atoms with Crippen LogP contribution in [0.1, 0.15) is 12.5 Å². The van der Waals surface area contributed by atoms with Gasteiger partial charge in [-0.2, -0.15) is 13.2 Å². The second-order valence-corrected chi connectivity index (χ2v) is 6.69. The fraction of sp³-hybridized carbons (Fsp3) is 0.133. The Balaban J connectivity index is 2.28. The Morgan fingerprint density at radius 3 is 2.08 bits per heavy atom. The van der Waals surface area contributed by atoms with Crippen molar-refractivity contribution in [2.75, 3.05) is 10.0 Å². The zero-order valence-corrected chi connectivity index (χ0v) is 13.5. The van der Waals surface area contributed by atoms with Crippen LogP contribution in [0.3, 0.4) is 0 Å². The van der Waals surface area contributed by atoms with Crippen LogP contribution >= 0.6 is 0 Å². The molecule has 134 valence electrons. The van der Waals surface area contributed by atoms with E-state index in [1.807, 2.05) is 4.72 Å². The van der Waals surface area contributed by atoms with Crippen LogP contribution in [0.5, 0.6) is 0 Å². The Morgan fingerprint density at radius 2 is 1.56 bits per heavy atom. The quantitative estimate of drug-likeness (QED) is 0.801. The van der Waals surface area contributed by atoms with Crippen LogP contribution in [0.2, 0.25) is 0 Å². The highest BCUT2D eigenvalue weighted by Crippen LogP contribution is 2.33. The van der Waals surface area contributed by atoms with Crippen molar-refractivity contribution in [1.82, 2.24) is 0 Å². The van der Waals surface area contributed by atoms with Crippen molar-refractivity contribution in [2.24, 2.45) is 0 Å². The zero-order valence-electron chi connectivity index (χ0n) is 12.7. The predicted molar refractivity (Wildman–Crippen MR) is 83.0 cm³/mol. The molecular formula is C15H12F4N2O3S. The van der Waals surface area contributed by atoms with Crippen LogP contribution < -0.4 is 10.0 Å². The lowest BCUT2D eigenvalue weighted by Gasteiger charge is -2.12. The van der Waals surface area contributed by atoms with Crippen LogP contribution in [0.25, 0.3) is 0 Å². The molecular weight excluding hydrogens is 364 g/mol. The average molecular weight is 376 g/mol. The van der Waals surface area contributed by atoms with Crippen molar-refractivity contribution < 1.29 is 30.8 Å². The number of hydrogen-bond donors (Lipinski definition) is 2. The minimum absolute atomic E-state index is 0.237. The third-order valence-electron chi connectivity index (χ3n) is 3.01. The smallest absolute Gasteiger partial charge is 0.326 e. The Kier molecular flexibility index (Phi) is 5.02. The monoisotopic (exact) mass is 376 g/mol. The molecule has 0 heterocycles. The number of hydrogen-bond acceptors (Lipinski definition) is 3. The standard InChI is InChI=1S/C15H12F4N2O3S/c1-9(22)20-10-2-5-12(6-3-10)25(23,24)21-11-4-7-14(16)13(8-11)15(17,18)19/h2-8,21H,1H3,(H,20,22). The molecule has 0 spiro atoms. The van der Waals surface area contributed by atoms with Gasteiger partial charge in [-0.15, -0.1) is 0 Å². The summed E-state index contributed by atoms with van der Waals surface area (Å²) in [5.41, 5.74) is -1.65. The third kappa shape index (κ3) is 4.69. The van der Waals surface area contributed by atoms with Crippen LogP contribution in [-0.2, 0) is 21.0 Å². The molecule has 5 nitrogen and oxygen atoms in total. The summed E-state index contributed by atoms with van der Waals surface area (Å²) in [5.74, 6) is -1.85. The minimum Gasteiger partial charge on any atom is -0.326 e. The van der Waals surface area contributed by atoms with Gasteiger partial charge in [0.25, 0.3) is 10.0 Å². The van der Waals surface area contributed by atoms with Gasteiger partial charge in [-0.1, -0.05) is 0 Å². The van der Waals surface area contributed by atoms with Gasteiger partial charge >= 0.3 is 6.18 Å². The highest BCUT2D eigenvalue weighted by atomic mass is 32.2. The zero-order chi connectivity index (χ0) is 18.8. The van der Waals surface area contributed by atoms with E-state index in [1.54, 1.807) is 0 Å². The van der Waals surface area contributed by atoms with E-state index in [1.165, 1.54) is 31.2 Å². The van der Waals surface area contributed by atoms with Crippen molar-refractivity contribution in [1.29, 1.82) is 0 Å². The first-order valence-electron chi connectivity index (χ1n) is 6.76. The molecule has 0 fully saturated rings. The van der Waals surface area contributed by atoms with E-state index in [0.717, 1.165) is 6.07 Å². The molecule has 10 heteroatoms. The summed E-state index contributed by atoms with van der Waals surface area (Å²) in [6.07, 6.45) is -4.95. The molecule has 2 aromatic carbocycles. The lowest BCUT2D eigenvalue weighted by Crippen LogP contribution is -2.15. The van der Waals surface area contributed by atoms with Crippen molar-refractivity contribution in [3.8, 4) is 0 Å². The number of halogens is 4. The molecule has 1 amide bonds. The number of nitrogens with one attached hydrogen (secondary N) is 2. The molecule has 25 heavy (non-hydrogen) atoms. The van der Waals surface area contributed by atoms with Crippen LogP contribution in [0, 0.1) is 5.82 Å². The Bertz CT molecular complexity index is 894. The molecule has 0 aliphatic carbocycles. The maximum Gasteiger partial charge on any atom is 0.419 e. The molecule has 0 bridgehead atoms. The molecule has 2 rings (SSSR count). The average Bonchev–Trinajstić information content (AvgIpc) is 2.48. The largest absolute Gasteiger partial charge is 0.419 e. The Labute approximate surface area is 140 Å². The van der Waals surface area contributed by atoms with Crippen molar-refractivity contribution in [2.45, 2.75) is 18.0 Å². The van der Waals surface area contributed by atoms with Gasteiger partial charge in [0.1, 0.15) is 5.82 Å². The van der Waals surface area contributed by atoms with Crippen molar-refractivity contribution in [3.63, 3.8) is 0 Å². The fourth-order valence-corrected chi connectivity index (χ4v) is 2.99. The number of benzene rings is 2. The second kappa shape index (κ2) is 6.71. The first-order valence-corrected chi connectivity index (χ1v) is 8.24. The van der Waals surface area contributed by atoms with Gasteiger partial charge in [0, 0.05) is 18.3 Å². The van der Waals surface area contributed by atoms with E-state index in [2.05, 4.69) is 5.32 Å². The summed E-state index contributed by atoms with van der Waals surface area (Å²) < 4.78 is 77.7. The SMILES string of the molecule is CC(=O)Nc1ccc(S(=O)(=O)Nc2ccc(F)c(C(F)(F)F)c2)cc1. The maximum absolute atomic E-state index is 13.2. The number of carbonyl (C=O) groups excluding carboxylic acids is 1. The highest BCUT2D eigenvalue weighted by Gasteiger charge is 2.34. The summed E-state index contributed by atoms with van der Waals surface area (Å²) in [4.78, 5) is 10.7. The molecule has 0 saturated heterocycles. The van der Waals surface area contributed by atoms with Gasteiger partial charge in [-0.05, 0) is 42.5 Å². The summed E-state index contributed by atoms with van der Waals surface area (Å²) >= 11 is 0. The second-order valence-electron chi connectivity index (χ2n) is 5.00. The summed E-state index contributed by atoms with van der Waals surface area (Å²) in [7, 11) is -4.19. The number of anilines is 2. The van der Waals surface area contributed by atoms with Gasteiger partial charge in [0.2, 0.25) is 5.91 Å². The van der Waals surface area contributed by atoms with Gasteiger partial charge in [-0.3, -0.25) is 9.52 Å². The molecule has 0 saturated carbocycles. The lowest BCUT2D eigenvalue weighted by atomic mass is 10.2. The van der Waals surface area contributed by atoms with E-state index in [-0.39, 0.29) is 10.8 Å². The van der Waals surface area contributed by atoms with E-state index >= 15 is 0 Å². The van der Waals surface area contributed by atoms with Crippen molar-refractivity contribution in [3.05, 3.63) is 53.8 Å². The first kappa shape index (κ1) is 18.7. The molecule has 2 N–H and O–H groups in total. The number of sulfonamides is 1. The third-order valence-corrected chi connectivity index (χ3v) is 4.41. The molecule has 0 aliphatic heterocycles. The van der Waals surface area contributed by atoms with Crippen LogP contribution in [-0.4, -0.2) is 14.3 Å². The summed E-state index contributed by atoms with van der Waals surface area (Å²) in [6, 6.07) is 6.76. The highest BCUT2D eigenvalue weighted by molar-refractivity contribution is 7.92. The van der Waals surface area contributed by atoms with Gasteiger partial charge in [-0.25, -0.2) is 12.8 Å².